The fourth-order valence-corrected chi connectivity index (χ4v) is 4.97. The van der Waals surface area contributed by atoms with Gasteiger partial charge in [-0.25, -0.2) is 13.2 Å². The number of hydrogen-bond acceptors (Lipinski definition) is 7. The Balaban J connectivity index is 1.65. The van der Waals surface area contributed by atoms with Crippen molar-refractivity contribution in [3.8, 4) is 5.75 Å². The van der Waals surface area contributed by atoms with E-state index in [9.17, 15) is 18.0 Å². The third kappa shape index (κ3) is 5.57. The van der Waals surface area contributed by atoms with Crippen LogP contribution in [-0.4, -0.2) is 64.6 Å². The molecule has 32 heavy (non-hydrogen) atoms. The highest BCUT2D eigenvalue weighted by Gasteiger charge is 2.28. The summed E-state index contributed by atoms with van der Waals surface area (Å²) in [6.45, 7) is 2.31. The number of aryl methyl sites for hydroxylation is 1. The van der Waals surface area contributed by atoms with Gasteiger partial charge in [-0.15, -0.1) is 0 Å². The first-order valence-corrected chi connectivity index (χ1v) is 11.5. The van der Waals surface area contributed by atoms with Gasteiger partial charge in [0.25, 0.3) is 5.91 Å². The molecule has 2 aromatic carbocycles. The number of ether oxygens (including phenoxy) is 3. The standard InChI is InChI=1S/C21H23ClN2O7S/c1-14-3-4-15(11-18(14)29-2)21(26)31-13-20(25)23-16-5-6-17(22)19(12-16)32(27,28)24-7-9-30-10-8-24/h3-6,11-12H,7-10,13H2,1-2H3,(H,23,25). The lowest BCUT2D eigenvalue weighted by Gasteiger charge is -2.26. The van der Waals surface area contributed by atoms with E-state index in [1.807, 2.05) is 6.92 Å². The maximum Gasteiger partial charge on any atom is 0.338 e. The molecule has 0 bridgehead atoms. The Morgan fingerprint density at radius 1 is 1.16 bits per heavy atom. The first kappa shape index (κ1) is 24.0. The Hall–Kier alpha value is -2.66. The minimum atomic E-state index is -3.85. The third-order valence-corrected chi connectivity index (χ3v) is 7.16. The smallest absolute Gasteiger partial charge is 0.338 e. The number of morpholine rings is 1. The zero-order valence-corrected chi connectivity index (χ0v) is 19.2. The van der Waals surface area contributed by atoms with E-state index < -0.39 is 28.5 Å². The third-order valence-electron chi connectivity index (χ3n) is 4.78. The summed E-state index contributed by atoms with van der Waals surface area (Å²) in [6, 6.07) is 8.93. The van der Waals surface area contributed by atoms with Crippen LogP contribution in [0, 0.1) is 6.92 Å². The fourth-order valence-electron chi connectivity index (χ4n) is 3.06. The predicted octanol–water partition coefficient (Wildman–Crippen LogP) is 2.47. The van der Waals surface area contributed by atoms with Crippen LogP contribution in [0.5, 0.6) is 5.75 Å². The molecule has 0 radical (unpaired) electrons. The molecule has 1 aliphatic heterocycles. The average molecular weight is 483 g/mol. The molecule has 0 saturated carbocycles. The molecular formula is C21H23ClN2O7S. The van der Waals surface area contributed by atoms with Crippen molar-refractivity contribution in [3.05, 3.63) is 52.5 Å². The van der Waals surface area contributed by atoms with E-state index in [1.165, 1.54) is 35.7 Å². The van der Waals surface area contributed by atoms with Crippen molar-refractivity contribution in [1.82, 2.24) is 4.31 Å². The molecule has 1 aliphatic rings. The Morgan fingerprint density at radius 3 is 2.56 bits per heavy atom. The number of carbonyl (C=O) groups excluding carboxylic acids is 2. The Morgan fingerprint density at radius 2 is 1.88 bits per heavy atom. The van der Waals surface area contributed by atoms with Crippen molar-refractivity contribution in [1.29, 1.82) is 0 Å². The van der Waals surface area contributed by atoms with Crippen LogP contribution in [0.4, 0.5) is 5.69 Å². The summed E-state index contributed by atoms with van der Waals surface area (Å²) in [4.78, 5) is 24.3. The lowest BCUT2D eigenvalue weighted by Crippen LogP contribution is -2.40. The van der Waals surface area contributed by atoms with Crippen molar-refractivity contribution in [2.24, 2.45) is 0 Å². The zero-order chi connectivity index (χ0) is 23.3. The van der Waals surface area contributed by atoms with Gasteiger partial charge in [-0.05, 0) is 42.8 Å². The van der Waals surface area contributed by atoms with Crippen LogP contribution in [0.25, 0.3) is 0 Å². The minimum Gasteiger partial charge on any atom is -0.496 e. The molecule has 0 spiro atoms. The highest BCUT2D eigenvalue weighted by atomic mass is 35.5. The van der Waals surface area contributed by atoms with Gasteiger partial charge in [-0.1, -0.05) is 17.7 Å². The zero-order valence-electron chi connectivity index (χ0n) is 17.6. The first-order valence-electron chi connectivity index (χ1n) is 9.71. The van der Waals surface area contributed by atoms with Gasteiger partial charge in [0.1, 0.15) is 10.6 Å². The van der Waals surface area contributed by atoms with Crippen LogP contribution in [0.15, 0.2) is 41.3 Å². The number of hydrogen-bond donors (Lipinski definition) is 1. The van der Waals surface area contributed by atoms with E-state index in [1.54, 1.807) is 12.1 Å². The second-order valence-corrected chi connectivity index (χ2v) is 9.28. The van der Waals surface area contributed by atoms with E-state index in [2.05, 4.69) is 5.32 Å². The Bertz CT molecular complexity index is 1120. The van der Waals surface area contributed by atoms with E-state index in [4.69, 9.17) is 25.8 Å². The molecule has 0 unspecified atom stereocenters. The number of esters is 1. The van der Waals surface area contributed by atoms with Crippen molar-refractivity contribution in [2.45, 2.75) is 11.8 Å². The van der Waals surface area contributed by atoms with E-state index in [0.717, 1.165) is 5.56 Å². The van der Waals surface area contributed by atoms with Crippen LogP contribution in [0.2, 0.25) is 5.02 Å². The number of sulfonamides is 1. The number of anilines is 1. The lowest BCUT2D eigenvalue weighted by atomic mass is 10.1. The molecule has 9 nitrogen and oxygen atoms in total. The average Bonchev–Trinajstić information content (AvgIpc) is 2.79. The van der Waals surface area contributed by atoms with Gasteiger partial charge in [0, 0.05) is 18.8 Å². The largest absolute Gasteiger partial charge is 0.496 e. The highest BCUT2D eigenvalue weighted by molar-refractivity contribution is 7.89. The van der Waals surface area contributed by atoms with Crippen LogP contribution in [-0.2, 0) is 24.3 Å². The molecule has 11 heteroatoms. The number of benzene rings is 2. The summed E-state index contributed by atoms with van der Waals surface area (Å²) in [5.41, 5.74) is 1.30. The molecule has 1 amide bonds. The molecule has 1 heterocycles. The molecule has 2 aromatic rings. The second-order valence-electron chi connectivity index (χ2n) is 6.97. The number of halogens is 1. The van der Waals surface area contributed by atoms with Crippen LogP contribution >= 0.6 is 11.6 Å². The Labute approximate surface area is 191 Å². The first-order chi connectivity index (χ1) is 15.2. The summed E-state index contributed by atoms with van der Waals surface area (Å²) >= 11 is 6.11. The maximum absolute atomic E-state index is 12.9. The SMILES string of the molecule is COc1cc(C(=O)OCC(=O)Nc2ccc(Cl)c(S(=O)(=O)N3CCOCC3)c2)ccc1C. The van der Waals surface area contributed by atoms with Crippen molar-refractivity contribution in [2.75, 3.05) is 45.3 Å². The van der Waals surface area contributed by atoms with Gasteiger partial charge in [0.05, 0.1) is 30.9 Å². The van der Waals surface area contributed by atoms with E-state index in [0.29, 0.717) is 19.0 Å². The quantitative estimate of drug-likeness (QED) is 0.603. The molecule has 3 rings (SSSR count). The normalized spacial score (nSPS) is 14.6. The number of carbonyl (C=O) groups is 2. The van der Waals surface area contributed by atoms with Crippen molar-refractivity contribution >= 4 is 39.2 Å². The summed E-state index contributed by atoms with van der Waals surface area (Å²) in [5.74, 6) is -0.793. The predicted molar refractivity (Wildman–Crippen MR) is 118 cm³/mol. The van der Waals surface area contributed by atoms with Gasteiger partial charge in [-0.3, -0.25) is 4.79 Å². The van der Waals surface area contributed by atoms with Gasteiger partial charge < -0.3 is 19.5 Å². The molecule has 1 saturated heterocycles. The molecule has 172 valence electrons. The van der Waals surface area contributed by atoms with Crippen LogP contribution < -0.4 is 10.1 Å². The lowest BCUT2D eigenvalue weighted by molar-refractivity contribution is -0.119. The van der Waals surface area contributed by atoms with Crippen molar-refractivity contribution < 1.29 is 32.2 Å². The molecule has 0 aromatic heterocycles. The van der Waals surface area contributed by atoms with E-state index in [-0.39, 0.29) is 34.3 Å². The molecule has 1 N–H and O–H groups in total. The van der Waals surface area contributed by atoms with Gasteiger partial charge >= 0.3 is 5.97 Å². The number of amides is 1. The summed E-state index contributed by atoms with van der Waals surface area (Å²) in [6.07, 6.45) is 0. The van der Waals surface area contributed by atoms with Gasteiger partial charge in [-0.2, -0.15) is 4.31 Å². The monoisotopic (exact) mass is 482 g/mol. The second kappa shape index (κ2) is 10.3. The number of rotatable bonds is 7. The number of methoxy groups -OCH3 is 1. The molecule has 0 atom stereocenters. The van der Waals surface area contributed by atoms with Crippen LogP contribution in [0.3, 0.4) is 0 Å². The Kier molecular flexibility index (Phi) is 7.73. The van der Waals surface area contributed by atoms with Crippen molar-refractivity contribution in [3.63, 3.8) is 0 Å². The van der Waals surface area contributed by atoms with Gasteiger partial charge in [0.2, 0.25) is 10.0 Å². The fraction of sp³-hybridized carbons (Fsp3) is 0.333. The summed E-state index contributed by atoms with van der Waals surface area (Å²) < 4.78 is 42.5. The highest BCUT2D eigenvalue weighted by Crippen LogP contribution is 2.28. The topological polar surface area (TPSA) is 111 Å². The van der Waals surface area contributed by atoms with E-state index >= 15 is 0 Å². The molecule has 0 aliphatic carbocycles. The maximum atomic E-state index is 12.9. The van der Waals surface area contributed by atoms with Crippen LogP contribution in [0.1, 0.15) is 15.9 Å². The molecule has 1 fully saturated rings. The summed E-state index contributed by atoms with van der Waals surface area (Å²) in [7, 11) is -2.36. The minimum absolute atomic E-state index is 0.0363. The number of nitrogens with one attached hydrogen (secondary N) is 1. The molecular weight excluding hydrogens is 460 g/mol. The van der Waals surface area contributed by atoms with Gasteiger partial charge in [0.15, 0.2) is 6.61 Å². The number of nitrogens with zero attached hydrogens (tertiary/aromatic N) is 1. The summed E-state index contributed by atoms with van der Waals surface area (Å²) in [5, 5.41) is 2.55.